The maximum Gasteiger partial charge on any atom is 0.506 e. The molecule has 0 aliphatic rings. The number of ether oxygens (including phenoxy) is 1. The van der Waals surface area contributed by atoms with Crippen molar-refractivity contribution in [3.8, 4) is 0 Å². The molecule has 1 unspecified atom stereocenters. The summed E-state index contributed by atoms with van der Waals surface area (Å²) in [6.45, 7) is 0. The van der Waals surface area contributed by atoms with E-state index >= 15 is 0 Å². The van der Waals surface area contributed by atoms with Crippen LogP contribution in [-0.4, -0.2) is 27.7 Å². The molecule has 1 atom stereocenters. The quantitative estimate of drug-likeness (QED) is 0.546. The van der Waals surface area contributed by atoms with E-state index in [0.717, 1.165) is 0 Å². The molecule has 0 aromatic heterocycles. The third kappa shape index (κ3) is 5.42. The predicted molar refractivity (Wildman–Crippen MR) is 28.0 cm³/mol. The molecular formula is C3H6O4S. The van der Waals surface area contributed by atoms with E-state index in [9.17, 15) is 9.00 Å². The lowest BCUT2D eigenvalue weighted by atomic mass is 11.4. The van der Waals surface area contributed by atoms with Crippen molar-refractivity contribution in [1.29, 1.82) is 0 Å². The van der Waals surface area contributed by atoms with Crippen molar-refractivity contribution in [1.82, 2.24) is 0 Å². The molecule has 0 aliphatic heterocycles. The van der Waals surface area contributed by atoms with Gasteiger partial charge in [0.15, 0.2) is 5.94 Å². The average Bonchev–Trinajstić information content (AvgIpc) is 1.61. The fourth-order valence-electron chi connectivity index (χ4n) is 0.133. The van der Waals surface area contributed by atoms with E-state index in [1.165, 1.54) is 6.26 Å². The van der Waals surface area contributed by atoms with Gasteiger partial charge in [0.1, 0.15) is 0 Å². The number of hydrogen-bond donors (Lipinski definition) is 1. The Bertz CT molecular complexity index is 95.9. The second-order valence-electron chi connectivity index (χ2n) is 1.10. The first kappa shape index (κ1) is 7.42. The molecule has 5 heteroatoms. The van der Waals surface area contributed by atoms with Gasteiger partial charge in [0.2, 0.25) is 0 Å². The van der Waals surface area contributed by atoms with Crippen LogP contribution >= 0.6 is 0 Å². The number of rotatable bonds is 2. The topological polar surface area (TPSA) is 63.6 Å². The normalized spacial score (nSPS) is 12.6. The minimum atomic E-state index is -1.39. The highest BCUT2D eigenvalue weighted by Gasteiger charge is 1.95. The zero-order valence-corrected chi connectivity index (χ0v) is 5.10. The van der Waals surface area contributed by atoms with Crippen LogP contribution in [-0.2, 0) is 15.5 Å². The molecule has 0 radical (unpaired) electrons. The Morgan fingerprint density at radius 2 is 2.38 bits per heavy atom. The summed E-state index contributed by atoms with van der Waals surface area (Å²) < 4.78 is 14.0. The number of carbonyl (C=O) groups is 1. The van der Waals surface area contributed by atoms with E-state index in [2.05, 4.69) is 4.74 Å². The summed E-state index contributed by atoms with van der Waals surface area (Å²) in [6, 6.07) is 0. The lowest BCUT2D eigenvalue weighted by molar-refractivity contribution is 0.108. The summed E-state index contributed by atoms with van der Waals surface area (Å²) in [6.07, 6.45) is -0.0247. The summed E-state index contributed by atoms with van der Waals surface area (Å²) in [7, 11) is -1.19. The third-order valence-electron chi connectivity index (χ3n) is 0.348. The summed E-state index contributed by atoms with van der Waals surface area (Å²) in [5.74, 6) is -0.241. The highest BCUT2D eigenvalue weighted by atomic mass is 32.2. The van der Waals surface area contributed by atoms with Crippen LogP contribution in [0, 0.1) is 0 Å². The summed E-state index contributed by atoms with van der Waals surface area (Å²) in [5.41, 5.74) is 0. The number of carboxylic acid groups (broad SMARTS) is 1. The molecule has 8 heavy (non-hydrogen) atoms. The van der Waals surface area contributed by atoms with E-state index in [-0.39, 0.29) is 5.94 Å². The van der Waals surface area contributed by atoms with Gasteiger partial charge in [-0.05, 0) is 0 Å². The van der Waals surface area contributed by atoms with E-state index in [1.54, 1.807) is 0 Å². The van der Waals surface area contributed by atoms with Crippen LogP contribution in [0.5, 0.6) is 0 Å². The molecular weight excluding hydrogens is 132 g/mol. The molecule has 1 N–H and O–H groups in total. The maximum atomic E-state index is 10.1. The summed E-state index contributed by atoms with van der Waals surface area (Å²) >= 11 is 0. The van der Waals surface area contributed by atoms with Gasteiger partial charge in [0.05, 0.1) is 10.8 Å². The van der Waals surface area contributed by atoms with Crippen LogP contribution < -0.4 is 0 Å². The molecule has 0 bridgehead atoms. The minimum Gasteiger partial charge on any atom is -0.450 e. The van der Waals surface area contributed by atoms with Gasteiger partial charge < -0.3 is 9.84 Å². The second-order valence-corrected chi connectivity index (χ2v) is 2.48. The van der Waals surface area contributed by atoms with Crippen molar-refractivity contribution < 1.29 is 18.8 Å². The smallest absolute Gasteiger partial charge is 0.450 e. The Kier molecular flexibility index (Phi) is 3.18. The van der Waals surface area contributed by atoms with E-state index in [1.807, 2.05) is 0 Å². The van der Waals surface area contributed by atoms with Gasteiger partial charge in [-0.15, -0.1) is 0 Å². The lowest BCUT2D eigenvalue weighted by Gasteiger charge is -1.92. The number of hydrogen-bond acceptors (Lipinski definition) is 3. The van der Waals surface area contributed by atoms with Gasteiger partial charge in [0, 0.05) is 6.26 Å². The summed E-state index contributed by atoms with van der Waals surface area (Å²) in [5, 5.41) is 7.81. The van der Waals surface area contributed by atoms with Gasteiger partial charge in [-0.1, -0.05) is 0 Å². The van der Waals surface area contributed by atoms with Crippen molar-refractivity contribution in [2.45, 2.75) is 0 Å². The molecule has 0 aromatic carbocycles. The highest BCUT2D eigenvalue weighted by molar-refractivity contribution is 7.84. The predicted octanol–water partition coefficient (Wildman–Crippen LogP) is 0.0170. The molecule has 0 aromatic rings. The minimum absolute atomic E-state index is 0.241. The third-order valence-corrected chi connectivity index (χ3v) is 0.798. The van der Waals surface area contributed by atoms with E-state index in [0.29, 0.717) is 0 Å². The SMILES string of the molecule is CS(=O)COC(=O)O. The molecule has 4 nitrogen and oxygen atoms in total. The van der Waals surface area contributed by atoms with Crippen molar-refractivity contribution in [3.05, 3.63) is 0 Å². The highest BCUT2D eigenvalue weighted by Crippen LogP contribution is 1.78. The Morgan fingerprint density at radius 1 is 1.88 bits per heavy atom. The Balaban J connectivity index is 3.18. The molecule has 0 saturated carbocycles. The standard InChI is InChI=1S/C3H6O4S/c1-8(6)2-7-3(4)5/h2H2,1H3,(H,4,5). The molecule has 0 saturated heterocycles. The average molecular weight is 138 g/mol. The lowest BCUT2D eigenvalue weighted by Crippen LogP contribution is -2.05. The zero-order valence-electron chi connectivity index (χ0n) is 4.29. The molecule has 48 valence electrons. The van der Waals surface area contributed by atoms with Crippen LogP contribution in [0.1, 0.15) is 0 Å². The van der Waals surface area contributed by atoms with Crippen molar-refractivity contribution in [3.63, 3.8) is 0 Å². The largest absolute Gasteiger partial charge is 0.506 e. The van der Waals surface area contributed by atoms with Gasteiger partial charge in [-0.3, -0.25) is 4.21 Å². The zero-order chi connectivity index (χ0) is 6.57. The molecule has 0 rings (SSSR count). The maximum absolute atomic E-state index is 10.1. The van der Waals surface area contributed by atoms with E-state index < -0.39 is 17.0 Å². The first-order chi connectivity index (χ1) is 3.63. The van der Waals surface area contributed by atoms with Crippen LogP contribution in [0.3, 0.4) is 0 Å². The Labute approximate surface area is 48.9 Å². The molecule has 0 heterocycles. The van der Waals surface area contributed by atoms with Crippen molar-refractivity contribution in [2.75, 3.05) is 12.2 Å². The Hall–Kier alpha value is -0.580. The van der Waals surface area contributed by atoms with Gasteiger partial charge >= 0.3 is 6.16 Å². The van der Waals surface area contributed by atoms with Crippen LogP contribution in [0.4, 0.5) is 4.79 Å². The van der Waals surface area contributed by atoms with Gasteiger partial charge in [0.25, 0.3) is 0 Å². The fraction of sp³-hybridized carbons (Fsp3) is 0.667. The molecule has 0 fully saturated rings. The van der Waals surface area contributed by atoms with Crippen LogP contribution in [0.2, 0.25) is 0 Å². The van der Waals surface area contributed by atoms with Gasteiger partial charge in [-0.2, -0.15) is 0 Å². The van der Waals surface area contributed by atoms with Gasteiger partial charge in [-0.25, -0.2) is 4.79 Å². The van der Waals surface area contributed by atoms with Crippen molar-refractivity contribution in [2.24, 2.45) is 0 Å². The summed E-state index contributed by atoms with van der Waals surface area (Å²) in [4.78, 5) is 9.55. The monoisotopic (exact) mass is 138 g/mol. The first-order valence-electron chi connectivity index (χ1n) is 1.78. The van der Waals surface area contributed by atoms with Crippen LogP contribution in [0.15, 0.2) is 0 Å². The fourth-order valence-corrected chi connectivity index (χ4v) is 0.400. The molecule has 0 amide bonds. The molecule has 0 aliphatic carbocycles. The second kappa shape index (κ2) is 3.43. The van der Waals surface area contributed by atoms with Crippen LogP contribution in [0.25, 0.3) is 0 Å². The first-order valence-corrected chi connectivity index (χ1v) is 3.51. The van der Waals surface area contributed by atoms with Crippen molar-refractivity contribution >= 4 is 17.0 Å². The van der Waals surface area contributed by atoms with E-state index in [4.69, 9.17) is 5.11 Å². The Morgan fingerprint density at radius 3 is 2.50 bits per heavy atom. The molecule has 0 spiro atoms.